The third-order valence-corrected chi connectivity index (χ3v) is 4.33. The largest absolute Gasteiger partial charge is 0.416 e. The lowest BCUT2D eigenvalue weighted by Gasteiger charge is -2.10. The zero-order valence-corrected chi connectivity index (χ0v) is 15.5. The Hall–Kier alpha value is -3.42. The molecule has 3 aromatic rings. The Labute approximate surface area is 164 Å². The normalized spacial score (nSPS) is 11.3. The van der Waals surface area contributed by atoms with Crippen molar-refractivity contribution in [2.75, 3.05) is 13.1 Å². The summed E-state index contributed by atoms with van der Waals surface area (Å²) in [7, 11) is 0. The first kappa shape index (κ1) is 20.3. The lowest BCUT2D eigenvalue weighted by molar-refractivity contribution is -0.137. The number of carbonyl (C=O) groups is 2. The van der Waals surface area contributed by atoms with Gasteiger partial charge in [0.25, 0.3) is 11.8 Å². The summed E-state index contributed by atoms with van der Waals surface area (Å²) in [6, 6.07) is 13.1. The zero-order chi connectivity index (χ0) is 21.0. The van der Waals surface area contributed by atoms with Gasteiger partial charge in [-0.25, -0.2) is 0 Å². The first-order chi connectivity index (χ1) is 13.8. The van der Waals surface area contributed by atoms with Crippen LogP contribution in [-0.4, -0.2) is 29.9 Å². The number of alkyl halides is 3. The van der Waals surface area contributed by atoms with E-state index in [0.717, 1.165) is 35.2 Å². The quantitative estimate of drug-likeness (QED) is 0.640. The number of pyridine rings is 1. The second-order valence-electron chi connectivity index (χ2n) is 6.40. The molecule has 0 fully saturated rings. The number of aromatic nitrogens is 1. The van der Waals surface area contributed by atoms with Crippen LogP contribution in [0.5, 0.6) is 0 Å². The minimum absolute atomic E-state index is 0.110. The lowest BCUT2D eigenvalue weighted by Crippen LogP contribution is -2.35. The molecular formula is C21H18F3N3O2. The molecule has 0 aliphatic rings. The van der Waals surface area contributed by atoms with E-state index in [-0.39, 0.29) is 24.6 Å². The van der Waals surface area contributed by atoms with Gasteiger partial charge >= 0.3 is 6.18 Å². The number of carbonyl (C=O) groups excluding carboxylic acids is 2. The van der Waals surface area contributed by atoms with Gasteiger partial charge in [0.2, 0.25) is 0 Å². The van der Waals surface area contributed by atoms with Gasteiger partial charge in [-0.3, -0.25) is 14.6 Å². The van der Waals surface area contributed by atoms with E-state index in [1.165, 1.54) is 0 Å². The van der Waals surface area contributed by atoms with Gasteiger partial charge in [0.15, 0.2) is 0 Å². The van der Waals surface area contributed by atoms with Crippen LogP contribution >= 0.6 is 0 Å². The van der Waals surface area contributed by atoms with Crippen molar-refractivity contribution in [3.63, 3.8) is 0 Å². The fourth-order valence-corrected chi connectivity index (χ4v) is 2.80. The molecule has 0 saturated carbocycles. The molecule has 150 valence electrons. The Morgan fingerprint density at radius 2 is 1.55 bits per heavy atom. The van der Waals surface area contributed by atoms with E-state index >= 15 is 0 Å². The van der Waals surface area contributed by atoms with Crippen molar-refractivity contribution in [1.82, 2.24) is 15.6 Å². The number of hydrogen-bond acceptors (Lipinski definition) is 3. The van der Waals surface area contributed by atoms with Gasteiger partial charge in [-0.1, -0.05) is 18.2 Å². The monoisotopic (exact) mass is 401 g/mol. The maximum atomic E-state index is 12.6. The van der Waals surface area contributed by atoms with Crippen LogP contribution in [0.2, 0.25) is 0 Å². The molecule has 0 unspecified atom stereocenters. The minimum Gasteiger partial charge on any atom is -0.350 e. The van der Waals surface area contributed by atoms with Crippen LogP contribution < -0.4 is 10.6 Å². The van der Waals surface area contributed by atoms with Crippen molar-refractivity contribution in [3.8, 4) is 0 Å². The Morgan fingerprint density at radius 3 is 2.21 bits per heavy atom. The highest BCUT2D eigenvalue weighted by molar-refractivity contribution is 5.98. The molecule has 0 aliphatic heterocycles. The molecule has 3 rings (SSSR count). The number of nitrogens with zero attached hydrogens (tertiary/aromatic N) is 1. The SMILES string of the molecule is Cc1nc2ccccc2cc1C(=O)NCCNC(=O)c1ccc(C(F)(F)F)cc1. The summed E-state index contributed by atoms with van der Waals surface area (Å²) in [6.45, 7) is 2.04. The maximum absolute atomic E-state index is 12.6. The predicted octanol–water partition coefficient (Wildman–Crippen LogP) is 3.72. The van der Waals surface area contributed by atoms with Gasteiger partial charge in [-0.2, -0.15) is 13.2 Å². The summed E-state index contributed by atoms with van der Waals surface area (Å²) in [4.78, 5) is 28.8. The summed E-state index contributed by atoms with van der Waals surface area (Å²) in [6.07, 6.45) is -4.45. The van der Waals surface area contributed by atoms with E-state index in [2.05, 4.69) is 15.6 Å². The van der Waals surface area contributed by atoms with Crippen LogP contribution in [0.1, 0.15) is 32.0 Å². The van der Waals surface area contributed by atoms with E-state index < -0.39 is 17.6 Å². The predicted molar refractivity (Wildman–Crippen MR) is 103 cm³/mol. The second kappa shape index (κ2) is 8.30. The lowest BCUT2D eigenvalue weighted by atomic mass is 10.1. The van der Waals surface area contributed by atoms with Crippen molar-refractivity contribution in [1.29, 1.82) is 0 Å². The molecule has 0 radical (unpaired) electrons. The van der Waals surface area contributed by atoms with Gasteiger partial charge in [0.1, 0.15) is 0 Å². The summed E-state index contributed by atoms with van der Waals surface area (Å²) in [5.41, 5.74) is 1.12. The number of amides is 2. The molecule has 8 heteroatoms. The number of benzene rings is 2. The summed E-state index contributed by atoms with van der Waals surface area (Å²) in [5.74, 6) is -0.832. The molecule has 0 aliphatic carbocycles. The molecule has 5 nitrogen and oxygen atoms in total. The first-order valence-corrected chi connectivity index (χ1v) is 8.86. The van der Waals surface area contributed by atoms with Gasteiger partial charge in [0.05, 0.1) is 22.3 Å². The van der Waals surface area contributed by atoms with Crippen molar-refractivity contribution in [3.05, 3.63) is 77.0 Å². The third-order valence-electron chi connectivity index (χ3n) is 4.33. The van der Waals surface area contributed by atoms with Crippen molar-refractivity contribution >= 4 is 22.7 Å². The smallest absolute Gasteiger partial charge is 0.350 e. The topological polar surface area (TPSA) is 71.1 Å². The van der Waals surface area contributed by atoms with Gasteiger partial charge in [-0.05, 0) is 43.3 Å². The Balaban J connectivity index is 1.53. The Bertz CT molecular complexity index is 1050. The van der Waals surface area contributed by atoms with E-state index in [4.69, 9.17) is 0 Å². The highest BCUT2D eigenvalue weighted by atomic mass is 19.4. The van der Waals surface area contributed by atoms with Crippen LogP contribution in [0.15, 0.2) is 54.6 Å². The maximum Gasteiger partial charge on any atom is 0.416 e. The Morgan fingerprint density at radius 1 is 0.931 bits per heavy atom. The van der Waals surface area contributed by atoms with Crippen molar-refractivity contribution in [2.24, 2.45) is 0 Å². The number of hydrogen-bond donors (Lipinski definition) is 2. The summed E-state index contributed by atoms with van der Waals surface area (Å²) >= 11 is 0. The second-order valence-corrected chi connectivity index (χ2v) is 6.40. The molecule has 0 spiro atoms. The molecule has 1 heterocycles. The van der Waals surface area contributed by atoms with Gasteiger partial charge < -0.3 is 10.6 Å². The Kier molecular flexibility index (Phi) is 5.81. The number of halogens is 3. The third kappa shape index (κ3) is 4.90. The van der Waals surface area contributed by atoms with E-state index in [1.54, 1.807) is 13.0 Å². The fraction of sp³-hybridized carbons (Fsp3) is 0.190. The van der Waals surface area contributed by atoms with E-state index in [0.29, 0.717) is 11.3 Å². The first-order valence-electron chi connectivity index (χ1n) is 8.86. The number of para-hydroxylation sites is 1. The van der Waals surface area contributed by atoms with Crippen molar-refractivity contribution in [2.45, 2.75) is 13.1 Å². The average molecular weight is 401 g/mol. The molecule has 2 amide bonds. The number of fused-ring (bicyclic) bond motifs is 1. The van der Waals surface area contributed by atoms with Crippen LogP contribution in [0.3, 0.4) is 0 Å². The molecule has 0 saturated heterocycles. The molecule has 2 N–H and O–H groups in total. The van der Waals surface area contributed by atoms with Crippen LogP contribution in [0.4, 0.5) is 13.2 Å². The average Bonchev–Trinajstić information content (AvgIpc) is 2.69. The standard InChI is InChI=1S/C21H18F3N3O2/c1-13-17(12-15-4-2-3-5-18(15)27-13)20(29)26-11-10-25-19(28)14-6-8-16(9-7-14)21(22,23)24/h2-9,12H,10-11H2,1H3,(H,25,28)(H,26,29). The summed E-state index contributed by atoms with van der Waals surface area (Å²) < 4.78 is 37.7. The number of aryl methyl sites for hydroxylation is 1. The van der Waals surface area contributed by atoms with Gasteiger partial charge in [-0.15, -0.1) is 0 Å². The molecule has 0 atom stereocenters. The van der Waals surface area contributed by atoms with Gasteiger partial charge in [0, 0.05) is 24.0 Å². The highest BCUT2D eigenvalue weighted by Crippen LogP contribution is 2.29. The van der Waals surface area contributed by atoms with Crippen molar-refractivity contribution < 1.29 is 22.8 Å². The van der Waals surface area contributed by atoms with E-state index in [9.17, 15) is 22.8 Å². The molecule has 0 bridgehead atoms. The van der Waals surface area contributed by atoms with E-state index in [1.807, 2.05) is 24.3 Å². The fourth-order valence-electron chi connectivity index (χ4n) is 2.80. The van der Waals surface area contributed by atoms with Crippen LogP contribution in [0, 0.1) is 6.92 Å². The molecule has 29 heavy (non-hydrogen) atoms. The molecule has 1 aromatic heterocycles. The molecule has 2 aromatic carbocycles. The minimum atomic E-state index is -4.45. The zero-order valence-electron chi connectivity index (χ0n) is 15.5. The van der Waals surface area contributed by atoms with Crippen LogP contribution in [0.25, 0.3) is 10.9 Å². The highest BCUT2D eigenvalue weighted by Gasteiger charge is 2.30. The number of rotatable bonds is 5. The number of nitrogens with one attached hydrogen (secondary N) is 2. The van der Waals surface area contributed by atoms with Crippen LogP contribution in [-0.2, 0) is 6.18 Å². The molecular weight excluding hydrogens is 383 g/mol. The summed E-state index contributed by atoms with van der Waals surface area (Å²) in [5, 5.41) is 6.10.